The first kappa shape index (κ1) is 12.6. The summed E-state index contributed by atoms with van der Waals surface area (Å²) in [4.78, 5) is 12.1. The van der Waals surface area contributed by atoms with E-state index in [0.717, 1.165) is 37.1 Å². The lowest BCUT2D eigenvalue weighted by Gasteiger charge is -2.21. The van der Waals surface area contributed by atoms with Gasteiger partial charge in [-0.2, -0.15) is 0 Å². The second-order valence-corrected chi connectivity index (χ2v) is 5.19. The molecular weight excluding hydrogens is 234 g/mol. The van der Waals surface area contributed by atoms with Crippen molar-refractivity contribution in [3.05, 3.63) is 34.3 Å². The van der Waals surface area contributed by atoms with Crippen LogP contribution < -0.4 is 5.32 Å². The summed E-state index contributed by atoms with van der Waals surface area (Å²) in [5, 5.41) is 3.99. The van der Waals surface area contributed by atoms with E-state index in [4.69, 9.17) is 11.6 Å². The molecule has 1 aromatic rings. The van der Waals surface area contributed by atoms with E-state index in [1.165, 1.54) is 0 Å². The van der Waals surface area contributed by atoms with Crippen molar-refractivity contribution in [2.24, 2.45) is 5.92 Å². The molecule has 1 aliphatic rings. The van der Waals surface area contributed by atoms with Gasteiger partial charge in [-0.1, -0.05) is 23.7 Å². The molecule has 1 heterocycles. The lowest BCUT2D eigenvalue weighted by molar-refractivity contribution is 0.0952. The second-order valence-electron chi connectivity index (χ2n) is 4.78. The van der Waals surface area contributed by atoms with Gasteiger partial charge in [-0.3, -0.25) is 4.79 Å². The van der Waals surface area contributed by atoms with Crippen LogP contribution in [0.4, 0.5) is 0 Å². The van der Waals surface area contributed by atoms with Gasteiger partial charge in [0.2, 0.25) is 0 Å². The minimum atomic E-state index is 0.221. The van der Waals surface area contributed by atoms with Crippen LogP contribution in [-0.4, -0.2) is 18.9 Å². The maximum Gasteiger partial charge on any atom is 0.163 e. The van der Waals surface area contributed by atoms with Gasteiger partial charge >= 0.3 is 0 Å². The molecule has 1 fully saturated rings. The Hall–Kier alpha value is -0.860. The zero-order valence-corrected chi connectivity index (χ0v) is 10.9. The van der Waals surface area contributed by atoms with Crippen LogP contribution in [0.1, 0.15) is 35.2 Å². The number of ketones is 1. The van der Waals surface area contributed by atoms with Crippen LogP contribution in [0, 0.1) is 12.8 Å². The van der Waals surface area contributed by atoms with Crippen LogP contribution in [0.2, 0.25) is 5.02 Å². The monoisotopic (exact) mass is 251 g/mol. The first-order valence-corrected chi connectivity index (χ1v) is 6.54. The second kappa shape index (κ2) is 5.65. The number of piperidine rings is 1. The van der Waals surface area contributed by atoms with Crippen molar-refractivity contribution >= 4 is 17.4 Å². The molecule has 1 aromatic carbocycles. The quantitative estimate of drug-likeness (QED) is 0.836. The van der Waals surface area contributed by atoms with Crippen molar-refractivity contribution in [2.45, 2.75) is 26.2 Å². The summed E-state index contributed by atoms with van der Waals surface area (Å²) in [7, 11) is 0. The molecule has 1 aliphatic heterocycles. The van der Waals surface area contributed by atoms with Gasteiger partial charge in [0, 0.05) is 17.0 Å². The number of benzene rings is 1. The molecule has 2 rings (SSSR count). The Morgan fingerprint density at radius 3 is 2.76 bits per heavy atom. The molecule has 0 saturated carbocycles. The van der Waals surface area contributed by atoms with Crippen molar-refractivity contribution in [1.82, 2.24) is 5.32 Å². The highest BCUT2D eigenvalue weighted by Crippen LogP contribution is 2.22. The third-order valence-electron chi connectivity index (χ3n) is 3.43. The van der Waals surface area contributed by atoms with Crippen molar-refractivity contribution in [2.75, 3.05) is 13.1 Å². The highest BCUT2D eigenvalue weighted by molar-refractivity contribution is 6.31. The average Bonchev–Trinajstić information content (AvgIpc) is 2.34. The van der Waals surface area contributed by atoms with Gasteiger partial charge in [0.25, 0.3) is 0 Å². The van der Waals surface area contributed by atoms with E-state index in [9.17, 15) is 4.79 Å². The van der Waals surface area contributed by atoms with Crippen LogP contribution in [0.5, 0.6) is 0 Å². The van der Waals surface area contributed by atoms with Gasteiger partial charge in [-0.15, -0.1) is 0 Å². The largest absolute Gasteiger partial charge is 0.317 e. The molecule has 0 aromatic heterocycles. The molecule has 3 heteroatoms. The number of rotatable bonds is 3. The summed E-state index contributed by atoms with van der Waals surface area (Å²) >= 11 is 6.04. The minimum absolute atomic E-state index is 0.221. The zero-order valence-electron chi connectivity index (χ0n) is 10.1. The Morgan fingerprint density at radius 2 is 2.12 bits per heavy atom. The maximum absolute atomic E-state index is 12.1. The first-order valence-electron chi connectivity index (χ1n) is 6.17. The fourth-order valence-electron chi connectivity index (χ4n) is 2.23. The third-order valence-corrected chi connectivity index (χ3v) is 3.83. The molecule has 0 bridgehead atoms. The minimum Gasteiger partial charge on any atom is -0.317 e. The molecule has 0 radical (unpaired) electrons. The molecule has 0 aliphatic carbocycles. The van der Waals surface area contributed by atoms with Gasteiger partial charge < -0.3 is 5.32 Å². The number of carbonyl (C=O) groups excluding carboxylic acids is 1. The van der Waals surface area contributed by atoms with Crippen molar-refractivity contribution in [1.29, 1.82) is 0 Å². The summed E-state index contributed by atoms with van der Waals surface area (Å²) in [5.74, 6) is 0.752. The molecule has 2 nitrogen and oxygen atoms in total. The molecule has 1 saturated heterocycles. The van der Waals surface area contributed by atoms with Crippen molar-refractivity contribution < 1.29 is 4.79 Å². The Bertz CT molecular complexity index is 411. The smallest absolute Gasteiger partial charge is 0.163 e. The topological polar surface area (TPSA) is 29.1 Å². The van der Waals surface area contributed by atoms with E-state index < -0.39 is 0 Å². The molecule has 1 N–H and O–H groups in total. The SMILES string of the molecule is Cc1ccc(C(=O)CC2CCNCC2)cc1Cl. The van der Waals surface area contributed by atoms with Crippen LogP contribution in [-0.2, 0) is 0 Å². The average molecular weight is 252 g/mol. The number of carbonyl (C=O) groups is 1. The summed E-state index contributed by atoms with van der Waals surface area (Å²) < 4.78 is 0. The highest BCUT2D eigenvalue weighted by atomic mass is 35.5. The van der Waals surface area contributed by atoms with Gasteiger partial charge in [0.15, 0.2) is 5.78 Å². The Labute approximate surface area is 107 Å². The Kier molecular flexibility index (Phi) is 4.19. The number of hydrogen-bond donors (Lipinski definition) is 1. The van der Waals surface area contributed by atoms with E-state index in [2.05, 4.69) is 5.32 Å². The molecule has 0 spiro atoms. The fourth-order valence-corrected chi connectivity index (χ4v) is 2.41. The number of Topliss-reactive ketones (excluding diaryl/α,β-unsaturated/α-hetero) is 1. The molecule has 0 amide bonds. The lowest BCUT2D eigenvalue weighted by Crippen LogP contribution is -2.28. The number of hydrogen-bond acceptors (Lipinski definition) is 2. The summed E-state index contributed by atoms with van der Waals surface area (Å²) in [5.41, 5.74) is 1.77. The van der Waals surface area contributed by atoms with Gasteiger partial charge in [0.1, 0.15) is 0 Å². The van der Waals surface area contributed by atoms with E-state index in [1.54, 1.807) is 6.07 Å². The maximum atomic E-state index is 12.1. The Morgan fingerprint density at radius 1 is 1.41 bits per heavy atom. The first-order chi connectivity index (χ1) is 8.16. The van der Waals surface area contributed by atoms with Crippen LogP contribution >= 0.6 is 11.6 Å². The molecular formula is C14H18ClNO. The zero-order chi connectivity index (χ0) is 12.3. The fraction of sp³-hybridized carbons (Fsp3) is 0.500. The lowest BCUT2D eigenvalue weighted by atomic mass is 9.90. The number of aryl methyl sites for hydroxylation is 1. The standard InChI is InChI=1S/C14H18ClNO/c1-10-2-3-12(9-13(10)15)14(17)8-11-4-6-16-7-5-11/h2-3,9,11,16H,4-8H2,1H3. The Balaban J connectivity index is 2.01. The van der Waals surface area contributed by atoms with Crippen LogP contribution in [0.15, 0.2) is 18.2 Å². The molecule has 17 heavy (non-hydrogen) atoms. The van der Waals surface area contributed by atoms with Crippen LogP contribution in [0.25, 0.3) is 0 Å². The predicted molar refractivity (Wildman–Crippen MR) is 70.7 cm³/mol. The molecule has 0 atom stereocenters. The van der Waals surface area contributed by atoms with Gasteiger partial charge in [0.05, 0.1) is 0 Å². The molecule has 92 valence electrons. The van der Waals surface area contributed by atoms with Crippen molar-refractivity contribution in [3.63, 3.8) is 0 Å². The van der Waals surface area contributed by atoms with Crippen molar-refractivity contribution in [3.8, 4) is 0 Å². The summed E-state index contributed by atoms with van der Waals surface area (Å²) in [6, 6.07) is 5.59. The van der Waals surface area contributed by atoms with E-state index >= 15 is 0 Å². The van der Waals surface area contributed by atoms with E-state index in [0.29, 0.717) is 17.4 Å². The van der Waals surface area contributed by atoms with E-state index in [1.807, 2.05) is 19.1 Å². The highest BCUT2D eigenvalue weighted by Gasteiger charge is 2.18. The van der Waals surface area contributed by atoms with Gasteiger partial charge in [-0.05, 0) is 50.4 Å². The van der Waals surface area contributed by atoms with Crippen LogP contribution in [0.3, 0.4) is 0 Å². The normalized spacial score (nSPS) is 17.1. The third kappa shape index (κ3) is 3.30. The number of nitrogens with one attached hydrogen (secondary N) is 1. The number of halogens is 1. The van der Waals surface area contributed by atoms with Gasteiger partial charge in [-0.25, -0.2) is 0 Å². The summed E-state index contributed by atoms with van der Waals surface area (Å²) in [6.45, 7) is 4.02. The van der Waals surface area contributed by atoms with E-state index in [-0.39, 0.29) is 5.78 Å². The molecule has 0 unspecified atom stereocenters. The predicted octanol–water partition coefficient (Wildman–Crippen LogP) is 3.22. The summed E-state index contributed by atoms with van der Waals surface area (Å²) in [6.07, 6.45) is 2.86.